The summed E-state index contributed by atoms with van der Waals surface area (Å²) in [5, 5.41) is 0. The van der Waals surface area contributed by atoms with Crippen LogP contribution in [0.1, 0.15) is 49.7 Å². The van der Waals surface area contributed by atoms with Crippen LogP contribution in [-0.2, 0) is 5.54 Å². The molecule has 2 saturated carbocycles. The Kier molecular flexibility index (Phi) is 2.74. The van der Waals surface area contributed by atoms with Gasteiger partial charge in [-0.05, 0) is 55.6 Å². The molecule has 0 radical (unpaired) electrons. The van der Waals surface area contributed by atoms with Crippen molar-refractivity contribution < 1.29 is 0 Å². The van der Waals surface area contributed by atoms with Gasteiger partial charge in [0.1, 0.15) is 0 Å². The maximum atomic E-state index is 6.74. The van der Waals surface area contributed by atoms with Crippen molar-refractivity contribution in [1.82, 2.24) is 0 Å². The zero-order valence-electron chi connectivity index (χ0n) is 10.8. The standard InChI is InChI=1S/C16H23N/c1-12-5-2-3-7-15(12)16(17)10-4-6-14(11-16)13-8-9-13/h2-3,5,7,13-14H,4,6,8-11,17H2,1H3. The maximum Gasteiger partial charge on any atom is 0.0415 e. The van der Waals surface area contributed by atoms with E-state index in [2.05, 4.69) is 31.2 Å². The molecule has 0 saturated heterocycles. The predicted molar refractivity (Wildman–Crippen MR) is 71.7 cm³/mol. The van der Waals surface area contributed by atoms with Gasteiger partial charge < -0.3 is 5.73 Å². The number of rotatable bonds is 2. The van der Waals surface area contributed by atoms with Crippen LogP contribution < -0.4 is 5.73 Å². The van der Waals surface area contributed by atoms with E-state index in [-0.39, 0.29) is 5.54 Å². The van der Waals surface area contributed by atoms with E-state index in [0.29, 0.717) is 0 Å². The Bertz CT molecular complexity index is 408. The van der Waals surface area contributed by atoms with E-state index in [9.17, 15) is 0 Å². The monoisotopic (exact) mass is 229 g/mol. The molecular formula is C16H23N. The lowest BCUT2D eigenvalue weighted by Gasteiger charge is -2.39. The van der Waals surface area contributed by atoms with Gasteiger partial charge in [0.15, 0.2) is 0 Å². The van der Waals surface area contributed by atoms with E-state index in [1.165, 1.54) is 49.7 Å². The molecule has 2 atom stereocenters. The van der Waals surface area contributed by atoms with Crippen LogP contribution in [0.25, 0.3) is 0 Å². The molecule has 3 rings (SSSR count). The quantitative estimate of drug-likeness (QED) is 0.821. The van der Waals surface area contributed by atoms with Crippen molar-refractivity contribution in [2.75, 3.05) is 0 Å². The number of hydrogen-bond acceptors (Lipinski definition) is 1. The molecule has 2 aliphatic rings. The van der Waals surface area contributed by atoms with Gasteiger partial charge in [-0.1, -0.05) is 37.1 Å². The van der Waals surface area contributed by atoms with Crippen LogP contribution in [0.3, 0.4) is 0 Å². The van der Waals surface area contributed by atoms with Crippen LogP contribution in [-0.4, -0.2) is 0 Å². The van der Waals surface area contributed by atoms with E-state index < -0.39 is 0 Å². The average Bonchev–Trinajstić information content (AvgIpc) is 3.13. The Morgan fingerprint density at radius 1 is 1.12 bits per heavy atom. The van der Waals surface area contributed by atoms with Crippen LogP contribution in [0.2, 0.25) is 0 Å². The molecule has 2 N–H and O–H groups in total. The fourth-order valence-electron chi connectivity index (χ4n) is 3.70. The first-order valence-electron chi connectivity index (χ1n) is 7.04. The first kappa shape index (κ1) is 11.3. The highest BCUT2D eigenvalue weighted by molar-refractivity contribution is 5.33. The Labute approximate surface area is 104 Å². The fourth-order valence-corrected chi connectivity index (χ4v) is 3.70. The summed E-state index contributed by atoms with van der Waals surface area (Å²) in [7, 11) is 0. The third-order valence-electron chi connectivity index (χ3n) is 4.79. The number of benzene rings is 1. The topological polar surface area (TPSA) is 26.0 Å². The number of hydrogen-bond donors (Lipinski definition) is 1. The van der Waals surface area contributed by atoms with Crippen LogP contribution in [0.4, 0.5) is 0 Å². The summed E-state index contributed by atoms with van der Waals surface area (Å²) in [6.45, 7) is 2.20. The zero-order valence-corrected chi connectivity index (χ0v) is 10.8. The van der Waals surface area contributed by atoms with Crippen LogP contribution in [0.15, 0.2) is 24.3 Å². The van der Waals surface area contributed by atoms with Crippen molar-refractivity contribution >= 4 is 0 Å². The van der Waals surface area contributed by atoms with E-state index in [0.717, 1.165) is 11.8 Å². The van der Waals surface area contributed by atoms with Crippen LogP contribution >= 0.6 is 0 Å². The lowest BCUT2D eigenvalue weighted by molar-refractivity contribution is 0.206. The van der Waals surface area contributed by atoms with Crippen molar-refractivity contribution in [1.29, 1.82) is 0 Å². The second-order valence-corrected chi connectivity index (χ2v) is 6.16. The minimum atomic E-state index is -0.0448. The van der Waals surface area contributed by atoms with Crippen molar-refractivity contribution in [2.24, 2.45) is 17.6 Å². The van der Waals surface area contributed by atoms with Crippen LogP contribution in [0, 0.1) is 18.8 Å². The Morgan fingerprint density at radius 2 is 1.88 bits per heavy atom. The predicted octanol–water partition coefficient (Wildman–Crippen LogP) is 3.75. The summed E-state index contributed by atoms with van der Waals surface area (Å²) in [6.07, 6.45) is 8.01. The third kappa shape index (κ3) is 2.13. The normalized spacial score (nSPS) is 33.6. The lowest BCUT2D eigenvalue weighted by Crippen LogP contribution is -2.42. The van der Waals surface area contributed by atoms with Gasteiger partial charge in [-0.2, -0.15) is 0 Å². The van der Waals surface area contributed by atoms with Gasteiger partial charge in [-0.3, -0.25) is 0 Å². The highest BCUT2D eigenvalue weighted by Crippen LogP contribution is 2.48. The molecule has 0 aliphatic heterocycles. The van der Waals surface area contributed by atoms with Crippen LogP contribution in [0.5, 0.6) is 0 Å². The van der Waals surface area contributed by atoms with Gasteiger partial charge in [0, 0.05) is 5.54 Å². The molecule has 0 amide bonds. The first-order valence-corrected chi connectivity index (χ1v) is 7.04. The SMILES string of the molecule is Cc1ccccc1C1(N)CCCC(C2CC2)C1. The van der Waals surface area contributed by atoms with Gasteiger partial charge in [0.25, 0.3) is 0 Å². The highest BCUT2D eigenvalue weighted by atomic mass is 14.8. The van der Waals surface area contributed by atoms with E-state index in [1.807, 2.05) is 0 Å². The molecule has 0 bridgehead atoms. The molecule has 1 nitrogen and oxygen atoms in total. The molecule has 2 unspecified atom stereocenters. The molecule has 0 aromatic heterocycles. The fraction of sp³-hybridized carbons (Fsp3) is 0.625. The third-order valence-corrected chi connectivity index (χ3v) is 4.79. The molecule has 1 aromatic carbocycles. The maximum absolute atomic E-state index is 6.74. The first-order chi connectivity index (χ1) is 8.19. The molecule has 2 aliphatic carbocycles. The smallest absolute Gasteiger partial charge is 0.0415 e. The lowest BCUT2D eigenvalue weighted by atomic mass is 9.70. The minimum absolute atomic E-state index is 0.0448. The summed E-state index contributed by atoms with van der Waals surface area (Å²) in [4.78, 5) is 0. The van der Waals surface area contributed by atoms with Gasteiger partial charge >= 0.3 is 0 Å². The van der Waals surface area contributed by atoms with Gasteiger partial charge in [-0.25, -0.2) is 0 Å². The number of aryl methyl sites for hydroxylation is 1. The summed E-state index contributed by atoms with van der Waals surface area (Å²) >= 11 is 0. The molecule has 1 heteroatoms. The van der Waals surface area contributed by atoms with Gasteiger partial charge in [-0.15, -0.1) is 0 Å². The summed E-state index contributed by atoms with van der Waals surface area (Å²) in [6, 6.07) is 8.69. The molecule has 17 heavy (non-hydrogen) atoms. The van der Waals surface area contributed by atoms with Gasteiger partial charge in [0.05, 0.1) is 0 Å². The number of nitrogens with two attached hydrogens (primary N) is 1. The Balaban J connectivity index is 1.86. The minimum Gasteiger partial charge on any atom is -0.321 e. The van der Waals surface area contributed by atoms with Gasteiger partial charge in [0.2, 0.25) is 0 Å². The largest absolute Gasteiger partial charge is 0.321 e. The average molecular weight is 229 g/mol. The van der Waals surface area contributed by atoms with Crippen molar-refractivity contribution in [3.63, 3.8) is 0 Å². The molecule has 92 valence electrons. The molecule has 0 spiro atoms. The van der Waals surface area contributed by atoms with Crippen molar-refractivity contribution in [2.45, 2.75) is 51.0 Å². The van der Waals surface area contributed by atoms with E-state index in [4.69, 9.17) is 5.73 Å². The highest BCUT2D eigenvalue weighted by Gasteiger charge is 2.41. The zero-order chi connectivity index (χ0) is 11.9. The molecule has 1 aromatic rings. The second kappa shape index (κ2) is 4.13. The molecule has 0 heterocycles. The summed E-state index contributed by atoms with van der Waals surface area (Å²) in [5.74, 6) is 1.90. The second-order valence-electron chi connectivity index (χ2n) is 6.16. The summed E-state index contributed by atoms with van der Waals surface area (Å²) < 4.78 is 0. The van der Waals surface area contributed by atoms with E-state index >= 15 is 0 Å². The summed E-state index contributed by atoms with van der Waals surface area (Å²) in [5.41, 5.74) is 9.45. The Morgan fingerprint density at radius 3 is 2.59 bits per heavy atom. The van der Waals surface area contributed by atoms with Crippen molar-refractivity contribution in [3.05, 3.63) is 35.4 Å². The Hall–Kier alpha value is -0.820. The van der Waals surface area contributed by atoms with E-state index in [1.54, 1.807) is 0 Å². The molecule has 2 fully saturated rings. The van der Waals surface area contributed by atoms with Crippen molar-refractivity contribution in [3.8, 4) is 0 Å². The molecular weight excluding hydrogens is 206 g/mol.